The number of rotatable bonds is 4. The summed E-state index contributed by atoms with van der Waals surface area (Å²) in [6.07, 6.45) is 0. The maximum absolute atomic E-state index is 12.2. The minimum Gasteiger partial charge on any atom is -0.497 e. The van der Waals surface area contributed by atoms with Crippen molar-refractivity contribution in [3.05, 3.63) is 58.6 Å². The van der Waals surface area contributed by atoms with E-state index in [1.807, 2.05) is 31.2 Å². The first-order chi connectivity index (χ1) is 10.0. The molecule has 5 heteroatoms. The fourth-order valence-electron chi connectivity index (χ4n) is 2.01. The highest BCUT2D eigenvalue weighted by atomic mass is 35.5. The predicted molar refractivity (Wildman–Crippen MR) is 84.7 cm³/mol. The quantitative estimate of drug-likeness (QED) is 0.851. The van der Waals surface area contributed by atoms with Crippen LogP contribution in [0.25, 0.3) is 0 Å². The van der Waals surface area contributed by atoms with Crippen LogP contribution in [0, 0.1) is 0 Å². The minimum absolute atomic E-state index is 0.164. The number of carbonyl (C=O) groups is 1. The lowest BCUT2D eigenvalue weighted by Gasteiger charge is -2.16. The zero-order valence-corrected chi connectivity index (χ0v) is 12.6. The van der Waals surface area contributed by atoms with E-state index in [2.05, 4.69) is 5.32 Å². The van der Waals surface area contributed by atoms with Crippen molar-refractivity contribution in [1.29, 1.82) is 0 Å². The van der Waals surface area contributed by atoms with E-state index in [4.69, 9.17) is 22.1 Å². The van der Waals surface area contributed by atoms with Gasteiger partial charge in [0.15, 0.2) is 0 Å². The normalized spacial score (nSPS) is 11.8. The molecule has 0 unspecified atom stereocenters. The molecule has 0 aliphatic rings. The van der Waals surface area contributed by atoms with Crippen LogP contribution in [0.5, 0.6) is 5.75 Å². The number of nitrogens with one attached hydrogen (secondary N) is 1. The number of amides is 1. The number of hydrogen-bond acceptors (Lipinski definition) is 3. The second-order valence-corrected chi connectivity index (χ2v) is 5.14. The van der Waals surface area contributed by atoms with E-state index < -0.39 is 0 Å². The Labute approximate surface area is 128 Å². The number of ether oxygens (including phenoxy) is 1. The Hall–Kier alpha value is -2.20. The molecule has 0 spiro atoms. The molecule has 1 amide bonds. The summed E-state index contributed by atoms with van der Waals surface area (Å²) in [7, 11) is 1.61. The number of hydrogen-bond donors (Lipinski definition) is 2. The molecule has 0 aliphatic carbocycles. The van der Waals surface area contributed by atoms with Gasteiger partial charge in [0.05, 0.1) is 18.7 Å². The Morgan fingerprint density at radius 1 is 1.29 bits per heavy atom. The summed E-state index contributed by atoms with van der Waals surface area (Å²) in [5.41, 5.74) is 7.54. The molecule has 3 N–H and O–H groups in total. The minimum atomic E-state index is -0.237. The average molecular weight is 305 g/mol. The van der Waals surface area contributed by atoms with Gasteiger partial charge >= 0.3 is 0 Å². The fraction of sp³-hybridized carbons (Fsp3) is 0.188. The molecule has 0 bridgehead atoms. The van der Waals surface area contributed by atoms with Crippen molar-refractivity contribution >= 4 is 23.2 Å². The van der Waals surface area contributed by atoms with Gasteiger partial charge in [-0.05, 0) is 42.8 Å². The third-order valence-electron chi connectivity index (χ3n) is 3.20. The van der Waals surface area contributed by atoms with E-state index in [-0.39, 0.29) is 11.9 Å². The average Bonchev–Trinajstić information content (AvgIpc) is 2.47. The molecule has 0 saturated carbocycles. The molecule has 2 aromatic rings. The van der Waals surface area contributed by atoms with Crippen molar-refractivity contribution in [1.82, 2.24) is 5.32 Å². The van der Waals surface area contributed by atoms with E-state index >= 15 is 0 Å². The number of nitrogens with two attached hydrogens (primary N) is 1. The van der Waals surface area contributed by atoms with E-state index in [0.717, 1.165) is 11.3 Å². The topological polar surface area (TPSA) is 64.3 Å². The smallest absolute Gasteiger partial charge is 0.253 e. The number of nitrogen functional groups attached to an aromatic ring is 1. The number of halogens is 1. The summed E-state index contributed by atoms with van der Waals surface area (Å²) in [6, 6.07) is 12.2. The van der Waals surface area contributed by atoms with Crippen LogP contribution in [-0.2, 0) is 0 Å². The van der Waals surface area contributed by atoms with Gasteiger partial charge in [-0.2, -0.15) is 0 Å². The SMILES string of the molecule is COc1cccc([C@@H](C)NC(=O)c2ccc(Cl)cc2N)c1. The maximum atomic E-state index is 12.2. The molecule has 2 aromatic carbocycles. The van der Waals surface area contributed by atoms with Crippen molar-refractivity contribution in [2.75, 3.05) is 12.8 Å². The van der Waals surface area contributed by atoms with Crippen LogP contribution in [0.4, 0.5) is 5.69 Å². The second-order valence-electron chi connectivity index (χ2n) is 4.70. The lowest BCUT2D eigenvalue weighted by molar-refractivity contribution is 0.0940. The van der Waals surface area contributed by atoms with Crippen molar-refractivity contribution in [2.24, 2.45) is 0 Å². The summed E-state index contributed by atoms with van der Waals surface area (Å²) >= 11 is 5.83. The van der Waals surface area contributed by atoms with Gasteiger partial charge in [0.25, 0.3) is 5.91 Å². The Morgan fingerprint density at radius 2 is 2.05 bits per heavy atom. The number of carbonyl (C=O) groups excluding carboxylic acids is 1. The van der Waals surface area contributed by atoms with Crippen LogP contribution < -0.4 is 15.8 Å². The number of methoxy groups -OCH3 is 1. The third kappa shape index (κ3) is 3.67. The number of benzene rings is 2. The molecular formula is C16H17ClN2O2. The Balaban J connectivity index is 2.14. The molecule has 0 fully saturated rings. The van der Waals surface area contributed by atoms with Gasteiger partial charge in [-0.15, -0.1) is 0 Å². The van der Waals surface area contributed by atoms with Crippen LogP contribution in [-0.4, -0.2) is 13.0 Å². The highest BCUT2D eigenvalue weighted by molar-refractivity contribution is 6.31. The summed E-state index contributed by atoms with van der Waals surface area (Å²) in [6.45, 7) is 1.90. The third-order valence-corrected chi connectivity index (χ3v) is 3.43. The molecule has 0 aliphatic heterocycles. The summed E-state index contributed by atoms with van der Waals surface area (Å²) < 4.78 is 5.18. The van der Waals surface area contributed by atoms with Crippen LogP contribution >= 0.6 is 11.6 Å². The van der Waals surface area contributed by atoms with Crippen molar-refractivity contribution in [3.8, 4) is 5.75 Å². The molecule has 1 atom stereocenters. The van der Waals surface area contributed by atoms with Gasteiger partial charge in [0.2, 0.25) is 0 Å². The first-order valence-electron chi connectivity index (χ1n) is 6.51. The first-order valence-corrected chi connectivity index (χ1v) is 6.89. The fourth-order valence-corrected chi connectivity index (χ4v) is 2.19. The van der Waals surface area contributed by atoms with Crippen LogP contribution in [0.3, 0.4) is 0 Å². The number of anilines is 1. The van der Waals surface area contributed by atoms with Crippen molar-refractivity contribution in [3.63, 3.8) is 0 Å². The Kier molecular flexibility index (Phi) is 4.70. The molecule has 0 saturated heterocycles. The standard InChI is InChI=1S/C16H17ClN2O2/c1-10(11-4-3-5-13(8-11)21-2)19-16(20)14-7-6-12(17)9-15(14)18/h3-10H,18H2,1-2H3,(H,19,20)/t10-/m1/s1. The van der Waals surface area contributed by atoms with Gasteiger partial charge in [-0.25, -0.2) is 0 Å². The van der Waals surface area contributed by atoms with Crippen molar-refractivity contribution < 1.29 is 9.53 Å². The lowest BCUT2D eigenvalue weighted by atomic mass is 10.1. The van der Waals surface area contributed by atoms with Crippen molar-refractivity contribution in [2.45, 2.75) is 13.0 Å². The zero-order valence-electron chi connectivity index (χ0n) is 11.9. The molecule has 2 rings (SSSR count). The van der Waals surface area contributed by atoms with E-state index in [9.17, 15) is 4.79 Å². The Morgan fingerprint density at radius 3 is 2.71 bits per heavy atom. The van der Waals surface area contributed by atoms with E-state index in [1.54, 1.807) is 25.3 Å². The molecule has 0 radical (unpaired) electrons. The van der Waals surface area contributed by atoms with Crippen LogP contribution in [0.2, 0.25) is 5.02 Å². The Bertz CT molecular complexity index is 658. The van der Waals surface area contributed by atoms with Gasteiger partial charge in [0, 0.05) is 10.7 Å². The highest BCUT2D eigenvalue weighted by Gasteiger charge is 2.14. The van der Waals surface area contributed by atoms with E-state index in [1.165, 1.54) is 0 Å². The van der Waals surface area contributed by atoms with Gasteiger partial charge in [0.1, 0.15) is 5.75 Å². The summed E-state index contributed by atoms with van der Waals surface area (Å²) in [5.74, 6) is 0.513. The molecule has 21 heavy (non-hydrogen) atoms. The van der Waals surface area contributed by atoms with Gasteiger partial charge in [-0.1, -0.05) is 23.7 Å². The monoisotopic (exact) mass is 304 g/mol. The molecule has 110 valence electrons. The van der Waals surface area contributed by atoms with Gasteiger partial charge < -0.3 is 15.8 Å². The molecule has 0 heterocycles. The van der Waals surface area contributed by atoms with Gasteiger partial charge in [-0.3, -0.25) is 4.79 Å². The first kappa shape index (κ1) is 15.2. The highest BCUT2D eigenvalue weighted by Crippen LogP contribution is 2.21. The molecule has 4 nitrogen and oxygen atoms in total. The molecular weight excluding hydrogens is 288 g/mol. The summed E-state index contributed by atoms with van der Waals surface area (Å²) in [5, 5.41) is 3.41. The zero-order chi connectivity index (χ0) is 15.4. The van der Waals surface area contributed by atoms with Crippen LogP contribution in [0.1, 0.15) is 28.9 Å². The lowest BCUT2D eigenvalue weighted by Crippen LogP contribution is -2.27. The largest absolute Gasteiger partial charge is 0.497 e. The maximum Gasteiger partial charge on any atom is 0.253 e. The predicted octanol–water partition coefficient (Wildman–Crippen LogP) is 3.42. The van der Waals surface area contributed by atoms with Crippen LogP contribution in [0.15, 0.2) is 42.5 Å². The summed E-state index contributed by atoms with van der Waals surface area (Å²) in [4.78, 5) is 12.2. The molecule has 0 aromatic heterocycles. The second kappa shape index (κ2) is 6.50. The van der Waals surface area contributed by atoms with E-state index in [0.29, 0.717) is 16.3 Å².